The number of halogens is 6. The van der Waals surface area contributed by atoms with Crippen molar-refractivity contribution < 1.29 is 38.9 Å². The summed E-state index contributed by atoms with van der Waals surface area (Å²) in [5, 5.41) is 0. The molecule has 1 aromatic carbocycles. The second kappa shape index (κ2) is 4.76. The van der Waals surface area contributed by atoms with Crippen LogP contribution in [0.25, 0.3) is 0 Å². The summed E-state index contributed by atoms with van der Waals surface area (Å²) in [5.74, 6) is -4.53. The fourth-order valence-electron chi connectivity index (χ4n) is 0.882. The van der Waals surface area contributed by atoms with Gasteiger partial charge in [-0.2, -0.15) is 21.6 Å². The highest BCUT2D eigenvalue weighted by Crippen LogP contribution is 2.26. The molecule has 0 bridgehead atoms. The topological polar surface area (TPSA) is 43.4 Å². The zero-order valence-electron chi connectivity index (χ0n) is 8.26. The molecule has 0 saturated heterocycles. The first kappa shape index (κ1) is 14.8. The summed E-state index contributed by atoms with van der Waals surface area (Å²) in [4.78, 5) is 0. The Morgan fingerprint density at radius 3 is 2.00 bits per heavy atom. The Labute approximate surface area is 97.1 Å². The van der Waals surface area contributed by atoms with Gasteiger partial charge in [-0.25, -0.2) is 13.2 Å². The van der Waals surface area contributed by atoms with Crippen LogP contribution in [0.15, 0.2) is 12.1 Å². The molecule has 18 heavy (non-hydrogen) atoms. The molecule has 0 fully saturated rings. The third kappa shape index (κ3) is 3.13. The van der Waals surface area contributed by atoms with E-state index in [9.17, 15) is 34.8 Å². The lowest BCUT2D eigenvalue weighted by atomic mass is 10.2. The van der Waals surface area contributed by atoms with Crippen molar-refractivity contribution in [2.75, 3.05) is 0 Å². The Hall–Kier alpha value is -1.29. The maximum absolute atomic E-state index is 12.9. The van der Waals surface area contributed by atoms with Crippen molar-refractivity contribution >= 4 is 10.1 Å². The van der Waals surface area contributed by atoms with Gasteiger partial charge in [0.2, 0.25) is 0 Å². The van der Waals surface area contributed by atoms with Crippen LogP contribution in [0.1, 0.15) is 5.56 Å². The molecule has 102 valence electrons. The monoisotopic (exact) mass is 294 g/mol. The van der Waals surface area contributed by atoms with Crippen molar-refractivity contribution in [1.82, 2.24) is 0 Å². The fraction of sp³-hybridized carbons (Fsp3) is 0.250. The smallest absolute Gasteiger partial charge is 0.258 e. The van der Waals surface area contributed by atoms with Crippen molar-refractivity contribution in [3.05, 3.63) is 35.1 Å². The van der Waals surface area contributed by atoms with E-state index in [0.29, 0.717) is 0 Å². The first-order chi connectivity index (χ1) is 8.04. The van der Waals surface area contributed by atoms with Crippen molar-refractivity contribution in [3.63, 3.8) is 0 Å². The van der Waals surface area contributed by atoms with Gasteiger partial charge in [0.25, 0.3) is 0 Å². The molecule has 0 aliphatic carbocycles. The van der Waals surface area contributed by atoms with Crippen LogP contribution in [0.5, 0.6) is 0 Å². The Bertz CT molecular complexity index is 551. The van der Waals surface area contributed by atoms with Gasteiger partial charge in [-0.05, 0) is 6.07 Å². The third-order valence-electron chi connectivity index (χ3n) is 1.74. The van der Waals surface area contributed by atoms with E-state index in [0.717, 1.165) is 0 Å². The molecule has 1 rings (SSSR count). The van der Waals surface area contributed by atoms with Gasteiger partial charge in [0, 0.05) is 11.6 Å². The molecule has 0 aliphatic rings. The van der Waals surface area contributed by atoms with E-state index < -0.39 is 45.2 Å². The molecule has 0 heterocycles. The van der Waals surface area contributed by atoms with E-state index >= 15 is 0 Å². The van der Waals surface area contributed by atoms with E-state index in [-0.39, 0.29) is 12.1 Å². The van der Waals surface area contributed by atoms with Crippen molar-refractivity contribution in [2.24, 2.45) is 0 Å². The number of rotatable bonds is 3. The summed E-state index contributed by atoms with van der Waals surface area (Å²) < 4.78 is 97.9. The Kier molecular flexibility index (Phi) is 3.91. The van der Waals surface area contributed by atoms with Crippen LogP contribution in [0, 0.1) is 17.5 Å². The largest absolute Gasteiger partial charge is 0.523 e. The van der Waals surface area contributed by atoms with Gasteiger partial charge in [-0.1, -0.05) is 0 Å². The zero-order chi connectivity index (χ0) is 14.1. The van der Waals surface area contributed by atoms with Crippen molar-refractivity contribution in [2.45, 2.75) is 12.1 Å². The highest BCUT2D eigenvalue weighted by Gasteiger charge is 2.47. The molecule has 0 spiro atoms. The molecule has 0 aromatic heterocycles. The lowest BCUT2D eigenvalue weighted by Crippen LogP contribution is -2.25. The summed E-state index contributed by atoms with van der Waals surface area (Å²) in [7, 11) is -5.92. The summed E-state index contributed by atoms with van der Waals surface area (Å²) in [6.07, 6.45) is 0. The Morgan fingerprint density at radius 2 is 1.50 bits per heavy atom. The van der Waals surface area contributed by atoms with Crippen LogP contribution in [-0.2, 0) is 20.9 Å². The first-order valence-electron chi connectivity index (χ1n) is 4.13. The average molecular weight is 294 g/mol. The molecule has 0 aliphatic heterocycles. The predicted octanol–water partition coefficient (Wildman–Crippen LogP) is 2.47. The average Bonchev–Trinajstić information content (AvgIpc) is 2.20. The minimum Gasteiger partial charge on any atom is -0.258 e. The molecule has 0 saturated carbocycles. The van der Waals surface area contributed by atoms with E-state index in [4.69, 9.17) is 0 Å². The van der Waals surface area contributed by atoms with E-state index in [1.165, 1.54) is 0 Å². The molecule has 0 N–H and O–H groups in total. The molecule has 0 amide bonds. The Morgan fingerprint density at radius 1 is 1.00 bits per heavy atom. The minimum absolute atomic E-state index is 0.0637. The maximum atomic E-state index is 12.9. The van der Waals surface area contributed by atoms with Gasteiger partial charge in [0.1, 0.15) is 5.82 Å². The number of benzene rings is 1. The zero-order valence-corrected chi connectivity index (χ0v) is 9.08. The summed E-state index contributed by atoms with van der Waals surface area (Å²) in [5.41, 5.74) is -6.54. The van der Waals surface area contributed by atoms with Gasteiger partial charge in [-0.3, -0.25) is 4.18 Å². The van der Waals surface area contributed by atoms with Gasteiger partial charge in [0.05, 0.1) is 6.61 Å². The standard InChI is InChI=1S/C8H4F6O3S/c9-5-2-7(11)6(10)1-4(5)3-17-18(15,16)8(12,13)14/h1-2H,3H2. The van der Waals surface area contributed by atoms with Gasteiger partial charge in [-0.15, -0.1) is 0 Å². The fourth-order valence-corrected chi connectivity index (χ4v) is 1.30. The first-order valence-corrected chi connectivity index (χ1v) is 5.54. The molecular weight excluding hydrogens is 290 g/mol. The second-order valence-electron chi connectivity index (χ2n) is 3.02. The highest BCUT2D eigenvalue weighted by atomic mass is 32.2. The predicted molar refractivity (Wildman–Crippen MR) is 46.1 cm³/mol. The summed E-state index contributed by atoms with van der Waals surface area (Å²) >= 11 is 0. The quantitative estimate of drug-likeness (QED) is 0.372. The number of alkyl halides is 3. The highest BCUT2D eigenvalue weighted by molar-refractivity contribution is 7.87. The molecule has 0 radical (unpaired) electrons. The van der Waals surface area contributed by atoms with Crippen LogP contribution in [-0.4, -0.2) is 13.9 Å². The summed E-state index contributed by atoms with van der Waals surface area (Å²) in [6.45, 7) is -1.40. The molecule has 0 unspecified atom stereocenters. The van der Waals surface area contributed by atoms with Crippen LogP contribution < -0.4 is 0 Å². The minimum atomic E-state index is -5.92. The number of hydrogen-bond acceptors (Lipinski definition) is 3. The van der Waals surface area contributed by atoms with E-state index in [1.807, 2.05) is 0 Å². The van der Waals surface area contributed by atoms with E-state index in [1.54, 1.807) is 0 Å². The second-order valence-corrected chi connectivity index (χ2v) is 4.63. The number of hydrogen-bond donors (Lipinski definition) is 0. The summed E-state index contributed by atoms with van der Waals surface area (Å²) in [6, 6.07) is 0.269. The lowest BCUT2D eigenvalue weighted by molar-refractivity contribution is -0.0548. The van der Waals surface area contributed by atoms with Crippen LogP contribution in [0.4, 0.5) is 26.3 Å². The van der Waals surface area contributed by atoms with Gasteiger partial charge in [0.15, 0.2) is 11.6 Å². The molecule has 3 nitrogen and oxygen atoms in total. The van der Waals surface area contributed by atoms with Gasteiger partial charge < -0.3 is 0 Å². The van der Waals surface area contributed by atoms with Crippen LogP contribution >= 0.6 is 0 Å². The molecule has 0 atom stereocenters. The normalized spacial score (nSPS) is 12.8. The maximum Gasteiger partial charge on any atom is 0.523 e. The third-order valence-corrected chi connectivity index (χ3v) is 2.74. The molecular formula is C8H4F6O3S. The lowest BCUT2D eigenvalue weighted by Gasteiger charge is -2.09. The van der Waals surface area contributed by atoms with Crippen LogP contribution in [0.2, 0.25) is 0 Å². The van der Waals surface area contributed by atoms with Crippen molar-refractivity contribution in [1.29, 1.82) is 0 Å². The SMILES string of the molecule is O=S(=O)(OCc1cc(F)c(F)cc1F)C(F)(F)F. The molecule has 1 aromatic rings. The Balaban J connectivity index is 2.92. The van der Waals surface area contributed by atoms with E-state index in [2.05, 4.69) is 4.18 Å². The van der Waals surface area contributed by atoms with Gasteiger partial charge >= 0.3 is 15.6 Å². The van der Waals surface area contributed by atoms with Crippen molar-refractivity contribution in [3.8, 4) is 0 Å². The molecule has 10 heteroatoms. The van der Waals surface area contributed by atoms with Crippen LogP contribution in [0.3, 0.4) is 0 Å².